The van der Waals surface area contributed by atoms with Crippen molar-refractivity contribution in [2.75, 3.05) is 5.32 Å². The monoisotopic (exact) mass is 463 g/mol. The maximum Gasteiger partial charge on any atom is 0.319 e. The SMILES string of the molecule is Cc1cc(O)cc(C(=O)[C@H]2[C@@H](C)[C@H](NC(=O)Nc3cccnc3)C[C@H]3C(C)(C)CCC[C@]23C)c1. The first-order valence-electron chi connectivity index (χ1n) is 12.3. The van der Waals surface area contributed by atoms with Crippen LogP contribution in [0.1, 0.15) is 69.3 Å². The third kappa shape index (κ3) is 4.55. The second-order valence-electron chi connectivity index (χ2n) is 11.3. The van der Waals surface area contributed by atoms with E-state index in [0.717, 1.165) is 31.2 Å². The number of amides is 2. The van der Waals surface area contributed by atoms with E-state index in [1.165, 1.54) is 0 Å². The number of urea groups is 1. The lowest BCUT2D eigenvalue weighted by Crippen LogP contribution is -2.61. The number of carbonyl (C=O) groups excluding carboxylic acids is 2. The smallest absolute Gasteiger partial charge is 0.319 e. The summed E-state index contributed by atoms with van der Waals surface area (Å²) in [5.74, 6) is 0.167. The van der Waals surface area contributed by atoms with Crippen molar-refractivity contribution in [3.05, 3.63) is 53.9 Å². The first-order valence-corrected chi connectivity index (χ1v) is 12.3. The summed E-state index contributed by atoms with van der Waals surface area (Å²) in [6.07, 6.45) is 7.32. The Morgan fingerprint density at radius 3 is 2.59 bits per heavy atom. The third-order valence-corrected chi connectivity index (χ3v) is 8.50. The molecule has 0 aliphatic heterocycles. The van der Waals surface area contributed by atoms with Gasteiger partial charge in [-0.1, -0.05) is 34.1 Å². The fraction of sp³-hybridized carbons (Fsp3) is 0.536. The van der Waals surface area contributed by atoms with Crippen LogP contribution < -0.4 is 10.6 Å². The Kier molecular flexibility index (Phi) is 6.45. The zero-order chi connectivity index (χ0) is 24.7. The lowest BCUT2D eigenvalue weighted by Gasteiger charge is -2.60. The molecule has 2 saturated carbocycles. The quantitative estimate of drug-likeness (QED) is 0.488. The van der Waals surface area contributed by atoms with Gasteiger partial charge in [0.2, 0.25) is 0 Å². The van der Waals surface area contributed by atoms with Gasteiger partial charge in [-0.25, -0.2) is 4.79 Å². The number of ketones is 1. The Bertz CT molecular complexity index is 1050. The molecule has 2 aliphatic carbocycles. The minimum absolute atomic E-state index is 0.0510. The molecule has 4 rings (SSSR count). The van der Waals surface area contributed by atoms with Crippen molar-refractivity contribution >= 4 is 17.5 Å². The fourth-order valence-electron chi connectivity index (χ4n) is 7.01. The summed E-state index contributed by atoms with van der Waals surface area (Å²) in [4.78, 5) is 31.0. The highest BCUT2D eigenvalue weighted by molar-refractivity contribution is 5.99. The number of rotatable bonds is 4. The number of fused-ring (bicyclic) bond motifs is 1. The summed E-state index contributed by atoms with van der Waals surface area (Å²) in [6, 6.07) is 8.28. The van der Waals surface area contributed by atoms with E-state index in [4.69, 9.17) is 0 Å². The molecule has 182 valence electrons. The van der Waals surface area contributed by atoms with E-state index < -0.39 is 0 Å². The molecule has 1 heterocycles. The summed E-state index contributed by atoms with van der Waals surface area (Å²) < 4.78 is 0. The Balaban J connectivity index is 1.67. The number of Topliss-reactive ketones (excluding diaryl/α,β-unsaturated/α-hetero) is 1. The van der Waals surface area contributed by atoms with Gasteiger partial charge in [0.05, 0.1) is 11.9 Å². The molecule has 1 aromatic heterocycles. The minimum atomic E-state index is -0.276. The predicted octanol–water partition coefficient (Wildman–Crippen LogP) is 5.96. The van der Waals surface area contributed by atoms with Gasteiger partial charge in [-0.2, -0.15) is 0 Å². The van der Waals surface area contributed by atoms with Gasteiger partial charge in [0, 0.05) is 23.7 Å². The van der Waals surface area contributed by atoms with Crippen molar-refractivity contribution in [2.24, 2.45) is 28.6 Å². The largest absolute Gasteiger partial charge is 0.508 e. The molecule has 2 amide bonds. The van der Waals surface area contributed by atoms with Gasteiger partial charge in [-0.05, 0) is 84.7 Å². The first-order chi connectivity index (χ1) is 16.0. The maximum absolute atomic E-state index is 14.1. The molecule has 2 fully saturated rings. The standard InChI is InChI=1S/C28H37N3O3/c1-17-12-19(14-21(32)13-17)25(33)24-18(2)22(31-26(34)30-20-8-6-11-29-16-20)15-23-27(3,4)9-7-10-28(23,24)5/h6,8,11-14,16,18,22-24,32H,7,9-10,15H2,1-5H3,(H2,30,31,34)/t18-,22+,23-,24+,28-/m0/s1. The van der Waals surface area contributed by atoms with E-state index in [1.54, 1.807) is 36.7 Å². The average molecular weight is 464 g/mol. The molecule has 0 saturated heterocycles. The van der Waals surface area contributed by atoms with E-state index in [0.29, 0.717) is 17.2 Å². The van der Waals surface area contributed by atoms with E-state index >= 15 is 0 Å². The Labute approximate surface area is 202 Å². The molecule has 1 aromatic carbocycles. The van der Waals surface area contributed by atoms with Crippen LogP contribution in [0.3, 0.4) is 0 Å². The van der Waals surface area contributed by atoms with Crippen molar-refractivity contribution in [3.8, 4) is 5.75 Å². The predicted molar refractivity (Wildman–Crippen MR) is 134 cm³/mol. The normalized spacial score (nSPS) is 30.1. The molecule has 6 nitrogen and oxygen atoms in total. The topological polar surface area (TPSA) is 91.3 Å². The Morgan fingerprint density at radius 2 is 1.91 bits per heavy atom. The van der Waals surface area contributed by atoms with E-state index in [2.05, 4.69) is 43.3 Å². The number of nitrogens with one attached hydrogen (secondary N) is 2. The number of phenolic OH excluding ortho intramolecular Hbond substituents is 1. The van der Waals surface area contributed by atoms with Crippen LogP contribution >= 0.6 is 0 Å². The van der Waals surface area contributed by atoms with Crippen molar-refractivity contribution in [2.45, 2.75) is 66.3 Å². The summed E-state index contributed by atoms with van der Waals surface area (Å²) in [7, 11) is 0. The van der Waals surface area contributed by atoms with Crippen LogP contribution in [0.25, 0.3) is 0 Å². The van der Waals surface area contributed by atoms with E-state index in [-0.39, 0.29) is 46.3 Å². The zero-order valence-corrected chi connectivity index (χ0v) is 20.9. The molecule has 3 N–H and O–H groups in total. The van der Waals surface area contributed by atoms with E-state index in [9.17, 15) is 14.7 Å². The second kappa shape index (κ2) is 9.05. The summed E-state index contributed by atoms with van der Waals surface area (Å²) >= 11 is 0. The van der Waals surface area contributed by atoms with Crippen LogP contribution in [-0.4, -0.2) is 27.9 Å². The Morgan fingerprint density at radius 1 is 1.15 bits per heavy atom. The van der Waals surface area contributed by atoms with Gasteiger partial charge < -0.3 is 15.7 Å². The third-order valence-electron chi connectivity index (χ3n) is 8.50. The van der Waals surface area contributed by atoms with Crippen molar-refractivity contribution in [3.63, 3.8) is 0 Å². The molecular formula is C28H37N3O3. The number of carbonyl (C=O) groups is 2. The van der Waals surface area contributed by atoms with Gasteiger partial charge in [-0.3, -0.25) is 9.78 Å². The highest BCUT2D eigenvalue weighted by Crippen LogP contribution is 2.61. The van der Waals surface area contributed by atoms with Crippen LogP contribution in [0.4, 0.5) is 10.5 Å². The number of hydrogen-bond acceptors (Lipinski definition) is 4. The number of nitrogens with zero attached hydrogens (tertiary/aromatic N) is 1. The molecule has 0 unspecified atom stereocenters. The second-order valence-corrected chi connectivity index (χ2v) is 11.3. The number of aromatic hydroxyl groups is 1. The zero-order valence-electron chi connectivity index (χ0n) is 20.9. The van der Waals surface area contributed by atoms with Crippen LogP contribution in [0.5, 0.6) is 5.75 Å². The Hall–Kier alpha value is -2.89. The van der Waals surface area contributed by atoms with Gasteiger partial charge in [0.25, 0.3) is 0 Å². The molecule has 6 heteroatoms. The number of hydrogen-bond donors (Lipinski definition) is 3. The van der Waals surface area contributed by atoms with Crippen LogP contribution in [0, 0.1) is 35.5 Å². The molecule has 34 heavy (non-hydrogen) atoms. The lowest BCUT2D eigenvalue weighted by atomic mass is 9.45. The summed E-state index contributed by atoms with van der Waals surface area (Å²) in [5, 5.41) is 16.2. The molecule has 5 atom stereocenters. The maximum atomic E-state index is 14.1. The van der Waals surface area contributed by atoms with Gasteiger partial charge >= 0.3 is 6.03 Å². The molecule has 0 bridgehead atoms. The molecule has 0 spiro atoms. The molecule has 2 aliphatic rings. The van der Waals surface area contributed by atoms with E-state index in [1.807, 2.05) is 13.0 Å². The number of pyridine rings is 1. The minimum Gasteiger partial charge on any atom is -0.508 e. The number of benzene rings is 1. The highest BCUT2D eigenvalue weighted by Gasteiger charge is 2.58. The lowest BCUT2D eigenvalue weighted by molar-refractivity contribution is -0.0897. The van der Waals surface area contributed by atoms with Gasteiger partial charge in [0.1, 0.15) is 5.75 Å². The number of phenols is 1. The van der Waals surface area contributed by atoms with Gasteiger partial charge in [-0.15, -0.1) is 0 Å². The van der Waals surface area contributed by atoms with Crippen molar-refractivity contribution in [1.82, 2.24) is 10.3 Å². The highest BCUT2D eigenvalue weighted by atomic mass is 16.3. The van der Waals surface area contributed by atoms with Crippen LogP contribution in [0.15, 0.2) is 42.7 Å². The fourth-order valence-corrected chi connectivity index (χ4v) is 7.01. The summed E-state index contributed by atoms with van der Waals surface area (Å²) in [5.41, 5.74) is 1.95. The number of aryl methyl sites for hydroxylation is 1. The number of aromatic nitrogens is 1. The van der Waals surface area contributed by atoms with Crippen LogP contribution in [0.2, 0.25) is 0 Å². The molecule has 2 aromatic rings. The average Bonchev–Trinajstić information content (AvgIpc) is 2.74. The molecule has 0 radical (unpaired) electrons. The van der Waals surface area contributed by atoms with Crippen LogP contribution in [-0.2, 0) is 0 Å². The van der Waals surface area contributed by atoms with Gasteiger partial charge in [0.15, 0.2) is 5.78 Å². The first kappa shape index (κ1) is 24.2. The number of anilines is 1. The molecular weight excluding hydrogens is 426 g/mol. The van der Waals surface area contributed by atoms with Crippen molar-refractivity contribution < 1.29 is 14.7 Å². The summed E-state index contributed by atoms with van der Waals surface area (Å²) in [6.45, 7) is 10.9. The van der Waals surface area contributed by atoms with Crippen molar-refractivity contribution in [1.29, 1.82) is 0 Å².